The summed E-state index contributed by atoms with van der Waals surface area (Å²) in [7, 11) is 0. The number of hydrogen-bond donors (Lipinski definition) is 1. The molecule has 0 aromatic heterocycles. The van der Waals surface area contributed by atoms with Gasteiger partial charge in [0.1, 0.15) is 5.78 Å². The molecule has 1 N–H and O–H groups in total. The zero-order chi connectivity index (χ0) is 15.9. The van der Waals surface area contributed by atoms with Crippen LogP contribution in [0.4, 0.5) is 0 Å². The van der Waals surface area contributed by atoms with E-state index in [0.29, 0.717) is 19.6 Å². The van der Waals surface area contributed by atoms with E-state index in [1.807, 2.05) is 18.2 Å². The van der Waals surface area contributed by atoms with E-state index in [9.17, 15) is 9.90 Å². The van der Waals surface area contributed by atoms with E-state index in [0.717, 1.165) is 25.7 Å². The van der Waals surface area contributed by atoms with Crippen molar-refractivity contribution in [3.63, 3.8) is 0 Å². The van der Waals surface area contributed by atoms with Crippen LogP contribution in [-0.2, 0) is 20.7 Å². The van der Waals surface area contributed by atoms with E-state index in [1.165, 1.54) is 5.56 Å². The molecule has 3 aliphatic rings. The van der Waals surface area contributed by atoms with Crippen molar-refractivity contribution < 1.29 is 19.4 Å². The van der Waals surface area contributed by atoms with Crippen molar-refractivity contribution in [1.29, 1.82) is 0 Å². The maximum absolute atomic E-state index is 12.5. The van der Waals surface area contributed by atoms with E-state index >= 15 is 0 Å². The fourth-order valence-corrected chi connectivity index (χ4v) is 4.63. The molecule has 4 nitrogen and oxygen atoms in total. The van der Waals surface area contributed by atoms with Crippen molar-refractivity contribution in [3.8, 4) is 0 Å². The quantitative estimate of drug-likeness (QED) is 0.906. The molecule has 4 rings (SSSR count). The minimum atomic E-state index is -0.511. The lowest BCUT2D eigenvalue weighted by atomic mass is 9.69. The molecule has 4 atom stereocenters. The van der Waals surface area contributed by atoms with Crippen LogP contribution in [0.1, 0.15) is 31.2 Å². The van der Waals surface area contributed by atoms with Crippen LogP contribution < -0.4 is 0 Å². The summed E-state index contributed by atoms with van der Waals surface area (Å²) < 4.78 is 11.5. The first-order chi connectivity index (χ1) is 11.2. The van der Waals surface area contributed by atoms with Crippen molar-refractivity contribution in [2.45, 2.75) is 44.0 Å². The molecule has 1 unspecified atom stereocenters. The average molecular weight is 316 g/mol. The van der Waals surface area contributed by atoms with Gasteiger partial charge in [-0.05, 0) is 30.7 Å². The predicted octanol–water partition coefficient (Wildman–Crippen LogP) is 2.34. The van der Waals surface area contributed by atoms with Crippen LogP contribution in [0.5, 0.6) is 0 Å². The Labute approximate surface area is 136 Å². The first-order valence-electron chi connectivity index (χ1n) is 8.72. The van der Waals surface area contributed by atoms with Crippen LogP contribution in [-0.4, -0.2) is 36.0 Å². The smallest absolute Gasteiger partial charge is 0.172 e. The third-order valence-electron chi connectivity index (χ3n) is 5.88. The summed E-state index contributed by atoms with van der Waals surface area (Å²) in [5, 5.41) is 10.5. The number of carbonyl (C=O) groups excluding carboxylic acids is 1. The summed E-state index contributed by atoms with van der Waals surface area (Å²) in [4.78, 5) is 12.5. The van der Waals surface area contributed by atoms with Gasteiger partial charge >= 0.3 is 0 Å². The van der Waals surface area contributed by atoms with Gasteiger partial charge in [0.2, 0.25) is 0 Å². The highest BCUT2D eigenvalue weighted by molar-refractivity contribution is 5.82. The van der Waals surface area contributed by atoms with Crippen LogP contribution in [0.25, 0.3) is 0 Å². The number of aryl methyl sites for hydroxylation is 1. The third-order valence-corrected chi connectivity index (χ3v) is 5.88. The Balaban J connectivity index is 1.31. The molecule has 1 heterocycles. The number of carbonyl (C=O) groups is 1. The first-order valence-corrected chi connectivity index (χ1v) is 8.72. The normalized spacial score (nSPS) is 34.3. The molecule has 1 aliphatic heterocycles. The number of benzene rings is 1. The van der Waals surface area contributed by atoms with E-state index in [1.54, 1.807) is 0 Å². The van der Waals surface area contributed by atoms with Gasteiger partial charge in [-0.3, -0.25) is 4.79 Å². The molecule has 0 radical (unpaired) electrons. The second-order valence-electron chi connectivity index (χ2n) is 7.12. The van der Waals surface area contributed by atoms with Crippen molar-refractivity contribution in [2.24, 2.45) is 17.8 Å². The number of aliphatic hydroxyl groups is 1. The average Bonchev–Trinajstić information content (AvgIpc) is 3.14. The van der Waals surface area contributed by atoms with E-state index < -0.39 is 11.9 Å². The van der Waals surface area contributed by atoms with Gasteiger partial charge in [-0.2, -0.15) is 0 Å². The second-order valence-corrected chi connectivity index (χ2v) is 7.12. The summed E-state index contributed by atoms with van der Waals surface area (Å²) in [6.07, 6.45) is 3.26. The third kappa shape index (κ3) is 2.63. The van der Waals surface area contributed by atoms with E-state index in [2.05, 4.69) is 12.1 Å². The number of ether oxygens (including phenoxy) is 2. The van der Waals surface area contributed by atoms with Gasteiger partial charge in [-0.1, -0.05) is 30.3 Å². The molecule has 0 amide bonds. The minimum Gasteiger partial charge on any atom is -0.392 e. The zero-order valence-corrected chi connectivity index (χ0v) is 13.3. The fraction of sp³-hybridized carbons (Fsp3) is 0.632. The molecule has 23 heavy (non-hydrogen) atoms. The van der Waals surface area contributed by atoms with Gasteiger partial charge < -0.3 is 14.6 Å². The van der Waals surface area contributed by atoms with Crippen molar-refractivity contribution in [2.75, 3.05) is 13.2 Å². The highest BCUT2D eigenvalue weighted by Gasteiger charge is 2.65. The monoisotopic (exact) mass is 316 g/mol. The van der Waals surface area contributed by atoms with Gasteiger partial charge in [0.05, 0.1) is 19.3 Å². The molecule has 1 aromatic carbocycles. The molecular weight excluding hydrogens is 292 g/mol. The van der Waals surface area contributed by atoms with Gasteiger partial charge in [0.25, 0.3) is 0 Å². The number of hydrogen-bond acceptors (Lipinski definition) is 4. The molecule has 124 valence electrons. The highest BCUT2D eigenvalue weighted by Crippen LogP contribution is 2.59. The summed E-state index contributed by atoms with van der Waals surface area (Å²) in [5.41, 5.74) is 1.26. The number of rotatable bonds is 5. The summed E-state index contributed by atoms with van der Waals surface area (Å²) >= 11 is 0. The van der Waals surface area contributed by atoms with Crippen molar-refractivity contribution in [3.05, 3.63) is 35.9 Å². The largest absolute Gasteiger partial charge is 0.392 e. The lowest BCUT2D eigenvalue weighted by molar-refractivity contribution is -0.275. The Bertz CT molecular complexity index is 564. The molecule has 2 saturated carbocycles. The molecule has 0 bridgehead atoms. The van der Waals surface area contributed by atoms with E-state index in [-0.39, 0.29) is 23.5 Å². The van der Waals surface area contributed by atoms with Gasteiger partial charge in [0, 0.05) is 24.7 Å². The number of fused-ring (bicyclic) bond motifs is 2. The second kappa shape index (κ2) is 6.00. The molecule has 4 heteroatoms. The maximum Gasteiger partial charge on any atom is 0.172 e. The van der Waals surface area contributed by atoms with Crippen LogP contribution in [0.2, 0.25) is 0 Å². The summed E-state index contributed by atoms with van der Waals surface area (Å²) in [6, 6.07) is 10.2. The molecule has 1 spiro atoms. The summed E-state index contributed by atoms with van der Waals surface area (Å²) in [6.45, 7) is 1.27. The van der Waals surface area contributed by atoms with E-state index in [4.69, 9.17) is 9.47 Å². The zero-order valence-electron chi connectivity index (χ0n) is 13.3. The van der Waals surface area contributed by atoms with Crippen LogP contribution in [0, 0.1) is 17.8 Å². The topological polar surface area (TPSA) is 55.8 Å². The van der Waals surface area contributed by atoms with Crippen LogP contribution >= 0.6 is 0 Å². The highest BCUT2D eigenvalue weighted by atomic mass is 16.7. The van der Waals surface area contributed by atoms with Crippen LogP contribution in [0.15, 0.2) is 30.3 Å². The summed E-state index contributed by atoms with van der Waals surface area (Å²) in [5.74, 6) is -0.131. The molecule has 1 saturated heterocycles. The Hall–Kier alpha value is -1.23. The minimum absolute atomic E-state index is 0.177. The Kier molecular flexibility index (Phi) is 4.00. The molecular formula is C19H24O4. The molecule has 2 aliphatic carbocycles. The maximum atomic E-state index is 12.5. The van der Waals surface area contributed by atoms with Gasteiger partial charge in [-0.15, -0.1) is 0 Å². The standard InChI is InChI=1S/C19H24O4/c20-17(8-4-7-13-5-2-1-3-6-13)14-11-16-15(18(14)21)12-19(16)22-9-10-23-19/h1-3,5-6,14-16,18,21H,4,7-12H2/t14-,15-,16+,18?/m1/s1. The Morgan fingerprint density at radius 1 is 1.22 bits per heavy atom. The Morgan fingerprint density at radius 2 is 1.96 bits per heavy atom. The number of aliphatic hydroxyl groups excluding tert-OH is 1. The first kappa shape index (κ1) is 15.3. The molecule has 1 aromatic rings. The fourth-order valence-electron chi connectivity index (χ4n) is 4.63. The lowest BCUT2D eigenvalue weighted by Gasteiger charge is -2.48. The van der Waals surface area contributed by atoms with Crippen LogP contribution in [0.3, 0.4) is 0 Å². The van der Waals surface area contributed by atoms with Crippen molar-refractivity contribution in [1.82, 2.24) is 0 Å². The van der Waals surface area contributed by atoms with Gasteiger partial charge in [-0.25, -0.2) is 0 Å². The predicted molar refractivity (Wildman–Crippen MR) is 84.7 cm³/mol. The lowest BCUT2D eigenvalue weighted by Crippen LogP contribution is -2.54. The van der Waals surface area contributed by atoms with Crippen molar-refractivity contribution >= 4 is 5.78 Å². The van der Waals surface area contributed by atoms with Gasteiger partial charge in [0.15, 0.2) is 5.79 Å². The number of Topliss-reactive ketones (excluding diaryl/α,β-unsaturated/α-hetero) is 1. The number of ketones is 1. The SMILES string of the molecule is O=C(CCCc1ccccc1)[C@H]1C[C@H]2[C@@H](CC23OCCO3)C1O. The Morgan fingerprint density at radius 3 is 2.70 bits per heavy atom. The molecule has 3 fully saturated rings.